The molecule has 0 aliphatic carbocycles. The van der Waals surface area contributed by atoms with Crippen LogP contribution in [0.3, 0.4) is 0 Å². The summed E-state index contributed by atoms with van der Waals surface area (Å²) >= 11 is 3.10. The van der Waals surface area contributed by atoms with E-state index >= 15 is 0 Å². The van der Waals surface area contributed by atoms with Gasteiger partial charge in [-0.05, 0) is 18.1 Å². The Morgan fingerprint density at radius 1 is 1.53 bits per heavy atom. The summed E-state index contributed by atoms with van der Waals surface area (Å²) < 4.78 is 0.568. The van der Waals surface area contributed by atoms with Gasteiger partial charge in [0.1, 0.15) is 5.56 Å². The number of hydrogen-bond donors (Lipinski definition) is 1. The van der Waals surface area contributed by atoms with Crippen molar-refractivity contribution in [3.63, 3.8) is 0 Å². The highest BCUT2D eigenvalue weighted by molar-refractivity contribution is 9.10. The van der Waals surface area contributed by atoms with Crippen molar-refractivity contribution in [3.05, 3.63) is 38.3 Å². The number of nitro benzene ring substituents is 1. The molecule has 0 fully saturated rings. The van der Waals surface area contributed by atoms with Crippen molar-refractivity contribution in [1.29, 1.82) is 0 Å². The Labute approximate surface area is 93.5 Å². The van der Waals surface area contributed by atoms with Crippen LogP contribution in [0, 0.1) is 22.0 Å². The molecular formula is C9H5BrN2O3. The molecule has 1 amide bonds. The first-order valence-electron chi connectivity index (χ1n) is 3.76. The summed E-state index contributed by atoms with van der Waals surface area (Å²) in [6, 6.07) is 4.35. The summed E-state index contributed by atoms with van der Waals surface area (Å²) in [5.74, 6) is 3.55. The lowest BCUT2D eigenvalue weighted by atomic mass is 10.2. The fourth-order valence-electron chi connectivity index (χ4n) is 0.890. The number of halogens is 1. The molecule has 6 heteroatoms. The number of amides is 1. The SMILES string of the molecule is NC(=O)C#Cc1ccc(Br)cc1[N+](=O)[O-]. The van der Waals surface area contributed by atoms with E-state index in [0.717, 1.165) is 0 Å². The molecule has 0 saturated carbocycles. The van der Waals surface area contributed by atoms with Gasteiger partial charge in [-0.3, -0.25) is 14.9 Å². The first-order valence-corrected chi connectivity index (χ1v) is 4.55. The predicted molar refractivity (Wildman–Crippen MR) is 56.9 cm³/mol. The molecule has 1 aromatic rings. The monoisotopic (exact) mass is 268 g/mol. The van der Waals surface area contributed by atoms with Crippen LogP contribution in [0.1, 0.15) is 5.56 Å². The predicted octanol–water partition coefficient (Wildman–Crippen LogP) is 1.19. The van der Waals surface area contributed by atoms with Gasteiger partial charge in [-0.25, -0.2) is 0 Å². The molecule has 15 heavy (non-hydrogen) atoms. The molecule has 0 saturated heterocycles. The average Bonchev–Trinajstić information content (AvgIpc) is 2.15. The van der Waals surface area contributed by atoms with E-state index < -0.39 is 10.8 Å². The van der Waals surface area contributed by atoms with E-state index in [1.165, 1.54) is 12.1 Å². The maximum atomic E-state index is 10.6. The number of primary amides is 1. The molecule has 0 radical (unpaired) electrons. The topological polar surface area (TPSA) is 86.2 Å². The summed E-state index contributed by atoms with van der Waals surface area (Å²) in [7, 11) is 0. The molecule has 76 valence electrons. The van der Waals surface area contributed by atoms with Gasteiger partial charge in [0.05, 0.1) is 4.92 Å². The van der Waals surface area contributed by atoms with Gasteiger partial charge < -0.3 is 5.73 Å². The van der Waals surface area contributed by atoms with Gasteiger partial charge in [0.15, 0.2) is 0 Å². The normalized spacial score (nSPS) is 8.87. The van der Waals surface area contributed by atoms with Gasteiger partial charge in [0.2, 0.25) is 0 Å². The molecule has 1 rings (SSSR count). The number of rotatable bonds is 1. The zero-order chi connectivity index (χ0) is 11.4. The Balaban J connectivity index is 3.25. The van der Waals surface area contributed by atoms with Crippen LogP contribution in [0.25, 0.3) is 0 Å². The lowest BCUT2D eigenvalue weighted by Crippen LogP contribution is -2.06. The van der Waals surface area contributed by atoms with Crippen LogP contribution in [0.5, 0.6) is 0 Å². The van der Waals surface area contributed by atoms with Gasteiger partial charge in [-0.1, -0.05) is 15.9 Å². The first-order chi connectivity index (χ1) is 7.00. The Morgan fingerprint density at radius 2 is 2.20 bits per heavy atom. The van der Waals surface area contributed by atoms with E-state index in [9.17, 15) is 14.9 Å². The quantitative estimate of drug-likeness (QED) is 0.472. The second-order valence-electron chi connectivity index (χ2n) is 2.53. The van der Waals surface area contributed by atoms with E-state index in [1.54, 1.807) is 6.07 Å². The minimum Gasteiger partial charge on any atom is -0.359 e. The van der Waals surface area contributed by atoms with Crippen LogP contribution >= 0.6 is 15.9 Å². The lowest BCUT2D eigenvalue weighted by Gasteiger charge is -1.95. The lowest BCUT2D eigenvalue weighted by molar-refractivity contribution is -0.385. The molecule has 0 aromatic heterocycles. The van der Waals surface area contributed by atoms with E-state index in [2.05, 4.69) is 21.9 Å². The van der Waals surface area contributed by atoms with Crippen LogP contribution in [0.2, 0.25) is 0 Å². The third-order valence-corrected chi connectivity index (χ3v) is 1.97. The van der Waals surface area contributed by atoms with Crippen LogP contribution in [-0.4, -0.2) is 10.8 Å². The Bertz CT molecular complexity index is 488. The minimum atomic E-state index is -0.827. The zero-order valence-corrected chi connectivity index (χ0v) is 8.95. The number of nitro groups is 1. The maximum Gasteiger partial charge on any atom is 0.293 e. The highest BCUT2D eigenvalue weighted by Gasteiger charge is 2.11. The van der Waals surface area contributed by atoms with Gasteiger partial charge in [-0.2, -0.15) is 0 Å². The summed E-state index contributed by atoms with van der Waals surface area (Å²) in [6.45, 7) is 0. The molecule has 0 spiro atoms. The Hall–Kier alpha value is -1.87. The third kappa shape index (κ3) is 3.07. The van der Waals surface area contributed by atoms with Gasteiger partial charge >= 0.3 is 0 Å². The number of carbonyl (C=O) groups is 1. The highest BCUT2D eigenvalue weighted by atomic mass is 79.9. The Morgan fingerprint density at radius 3 is 2.73 bits per heavy atom. The number of nitrogens with zero attached hydrogens (tertiary/aromatic N) is 1. The van der Waals surface area contributed by atoms with Gasteiger partial charge in [-0.15, -0.1) is 0 Å². The van der Waals surface area contributed by atoms with Crippen molar-refractivity contribution in [3.8, 4) is 11.8 Å². The standard InChI is InChI=1S/C9H5BrN2O3/c10-7-3-1-6(2-4-9(11)13)8(5-7)12(14)15/h1,3,5H,(H2,11,13). The number of hydrogen-bond acceptors (Lipinski definition) is 3. The molecule has 0 bridgehead atoms. The van der Waals surface area contributed by atoms with Crippen LogP contribution in [-0.2, 0) is 4.79 Å². The molecule has 1 aromatic carbocycles. The fourth-order valence-corrected chi connectivity index (χ4v) is 1.24. The molecule has 0 aliphatic heterocycles. The summed E-state index contributed by atoms with van der Waals surface area (Å²) in [5, 5.41) is 10.6. The van der Waals surface area contributed by atoms with Gasteiger partial charge in [0, 0.05) is 16.5 Å². The molecule has 0 heterocycles. The average molecular weight is 269 g/mol. The zero-order valence-electron chi connectivity index (χ0n) is 7.36. The van der Waals surface area contributed by atoms with Gasteiger partial charge in [0.25, 0.3) is 11.6 Å². The Kier molecular flexibility index (Phi) is 3.42. The van der Waals surface area contributed by atoms with E-state index in [-0.39, 0.29) is 11.3 Å². The molecule has 0 unspecified atom stereocenters. The number of nitrogens with two attached hydrogens (primary N) is 1. The molecule has 0 atom stereocenters. The fraction of sp³-hybridized carbons (Fsp3) is 0. The van der Waals surface area contributed by atoms with Crippen LogP contribution in [0.4, 0.5) is 5.69 Å². The first kappa shape index (κ1) is 11.2. The smallest absolute Gasteiger partial charge is 0.293 e. The van der Waals surface area contributed by atoms with Crippen molar-refractivity contribution in [2.45, 2.75) is 0 Å². The van der Waals surface area contributed by atoms with E-state index in [0.29, 0.717) is 4.47 Å². The van der Waals surface area contributed by atoms with E-state index in [1.807, 2.05) is 5.92 Å². The van der Waals surface area contributed by atoms with Crippen molar-refractivity contribution in [1.82, 2.24) is 0 Å². The molecule has 0 aliphatic rings. The molecular weight excluding hydrogens is 264 g/mol. The third-order valence-electron chi connectivity index (χ3n) is 1.48. The van der Waals surface area contributed by atoms with Crippen molar-refractivity contribution in [2.75, 3.05) is 0 Å². The van der Waals surface area contributed by atoms with Crippen molar-refractivity contribution in [2.24, 2.45) is 5.73 Å². The highest BCUT2D eigenvalue weighted by Crippen LogP contribution is 2.22. The summed E-state index contributed by atoms with van der Waals surface area (Å²) in [6.07, 6.45) is 0. The largest absolute Gasteiger partial charge is 0.359 e. The van der Waals surface area contributed by atoms with Crippen LogP contribution in [0.15, 0.2) is 22.7 Å². The second kappa shape index (κ2) is 4.57. The van der Waals surface area contributed by atoms with E-state index in [4.69, 9.17) is 5.73 Å². The van der Waals surface area contributed by atoms with Crippen molar-refractivity contribution < 1.29 is 9.72 Å². The summed E-state index contributed by atoms with van der Waals surface area (Å²) in [5.41, 5.74) is 4.79. The number of carbonyl (C=O) groups excluding carboxylic acids is 1. The maximum absolute atomic E-state index is 10.6. The van der Waals surface area contributed by atoms with Crippen LogP contribution < -0.4 is 5.73 Å². The summed E-state index contributed by atoms with van der Waals surface area (Å²) in [4.78, 5) is 20.4. The second-order valence-corrected chi connectivity index (χ2v) is 3.45. The minimum absolute atomic E-state index is 0.155. The number of benzene rings is 1. The molecule has 2 N–H and O–H groups in total. The van der Waals surface area contributed by atoms with Crippen molar-refractivity contribution >= 4 is 27.5 Å². The molecule has 5 nitrogen and oxygen atoms in total.